The van der Waals surface area contributed by atoms with Gasteiger partial charge < -0.3 is 25.8 Å². The van der Waals surface area contributed by atoms with Crippen molar-refractivity contribution in [3.8, 4) is 18.0 Å². The van der Waals surface area contributed by atoms with Crippen molar-refractivity contribution in [2.45, 2.75) is 38.0 Å². The van der Waals surface area contributed by atoms with Gasteiger partial charge >= 0.3 is 0 Å². The normalized spacial score (nSPS) is 19.1. The SMILES string of the molecule is CC1(C)Oc2ccc(C#N)cc2C(NC(=NC#N)NCCNCCc2ccccc2)C1O. The molecule has 0 saturated heterocycles. The zero-order chi connectivity index (χ0) is 23.0. The number of guanidine groups is 1. The number of fused-ring (bicyclic) bond motifs is 1. The van der Waals surface area contributed by atoms with E-state index in [1.165, 1.54) is 5.56 Å². The lowest BCUT2D eigenvalue weighted by Crippen LogP contribution is -2.55. The van der Waals surface area contributed by atoms with Gasteiger partial charge in [-0.3, -0.25) is 0 Å². The van der Waals surface area contributed by atoms with E-state index in [4.69, 9.17) is 10.00 Å². The van der Waals surface area contributed by atoms with Gasteiger partial charge in [-0.2, -0.15) is 10.5 Å². The second-order valence-corrected chi connectivity index (χ2v) is 8.11. The van der Waals surface area contributed by atoms with Crippen LogP contribution in [0.2, 0.25) is 0 Å². The van der Waals surface area contributed by atoms with Crippen LogP contribution < -0.4 is 20.7 Å². The van der Waals surface area contributed by atoms with Crippen molar-refractivity contribution in [1.29, 1.82) is 10.5 Å². The largest absolute Gasteiger partial charge is 0.485 e. The van der Waals surface area contributed by atoms with E-state index < -0.39 is 17.7 Å². The molecule has 2 atom stereocenters. The monoisotopic (exact) mass is 432 g/mol. The van der Waals surface area contributed by atoms with Gasteiger partial charge in [0.25, 0.3) is 0 Å². The molecule has 8 heteroatoms. The molecule has 1 aliphatic heterocycles. The third kappa shape index (κ3) is 5.76. The molecule has 3 rings (SSSR count). The molecule has 2 unspecified atom stereocenters. The smallest absolute Gasteiger partial charge is 0.209 e. The van der Waals surface area contributed by atoms with Crippen molar-refractivity contribution in [3.05, 3.63) is 65.2 Å². The van der Waals surface area contributed by atoms with Crippen LogP contribution in [0.4, 0.5) is 0 Å². The fourth-order valence-corrected chi connectivity index (χ4v) is 3.62. The van der Waals surface area contributed by atoms with Gasteiger partial charge in [-0.1, -0.05) is 30.3 Å². The Morgan fingerprint density at radius 1 is 1.12 bits per heavy atom. The van der Waals surface area contributed by atoms with Crippen LogP contribution in [-0.2, 0) is 6.42 Å². The lowest BCUT2D eigenvalue weighted by atomic mass is 9.86. The highest BCUT2D eigenvalue weighted by molar-refractivity contribution is 5.81. The highest BCUT2D eigenvalue weighted by atomic mass is 16.5. The van der Waals surface area contributed by atoms with E-state index in [2.05, 4.69) is 39.1 Å². The maximum absolute atomic E-state index is 10.9. The molecule has 0 aliphatic carbocycles. The molecule has 0 bridgehead atoms. The van der Waals surface area contributed by atoms with Crippen LogP contribution in [0.3, 0.4) is 0 Å². The number of ether oxygens (including phenoxy) is 1. The van der Waals surface area contributed by atoms with Gasteiger partial charge in [0.2, 0.25) is 12.2 Å². The van der Waals surface area contributed by atoms with Gasteiger partial charge in [0.1, 0.15) is 17.5 Å². The topological polar surface area (TPSA) is 125 Å². The Hall–Kier alpha value is -3.59. The first-order valence-electron chi connectivity index (χ1n) is 10.6. The summed E-state index contributed by atoms with van der Waals surface area (Å²) in [6.07, 6.45) is 1.79. The number of hydrogen-bond donors (Lipinski definition) is 4. The van der Waals surface area contributed by atoms with Gasteiger partial charge in [0.15, 0.2) is 0 Å². The Balaban J connectivity index is 1.61. The second-order valence-electron chi connectivity index (χ2n) is 8.11. The fraction of sp³-hybridized carbons (Fsp3) is 0.375. The van der Waals surface area contributed by atoms with E-state index >= 15 is 0 Å². The first-order valence-corrected chi connectivity index (χ1v) is 10.6. The Morgan fingerprint density at radius 3 is 2.62 bits per heavy atom. The van der Waals surface area contributed by atoms with Crippen LogP contribution >= 0.6 is 0 Å². The van der Waals surface area contributed by atoms with E-state index in [1.807, 2.05) is 18.2 Å². The van der Waals surface area contributed by atoms with Crippen LogP contribution in [0.15, 0.2) is 53.5 Å². The molecule has 0 spiro atoms. The Bertz CT molecular complexity index is 1020. The predicted molar refractivity (Wildman–Crippen MR) is 122 cm³/mol. The number of nitrogens with one attached hydrogen (secondary N) is 3. The molecule has 4 N–H and O–H groups in total. The molecule has 32 heavy (non-hydrogen) atoms. The highest BCUT2D eigenvalue weighted by Crippen LogP contribution is 2.40. The second kappa shape index (κ2) is 10.6. The molecular weight excluding hydrogens is 404 g/mol. The van der Waals surface area contributed by atoms with Crippen LogP contribution in [0.25, 0.3) is 0 Å². The third-order valence-corrected chi connectivity index (χ3v) is 5.36. The predicted octanol–water partition coefficient (Wildman–Crippen LogP) is 1.98. The number of aliphatic imine (C=N–C) groups is 1. The van der Waals surface area contributed by atoms with E-state index in [0.717, 1.165) is 13.0 Å². The Morgan fingerprint density at radius 2 is 1.91 bits per heavy atom. The van der Waals surface area contributed by atoms with Crippen LogP contribution in [0, 0.1) is 22.8 Å². The average Bonchev–Trinajstić information content (AvgIpc) is 2.79. The zero-order valence-electron chi connectivity index (χ0n) is 18.3. The van der Waals surface area contributed by atoms with Gasteiger partial charge in [-0.15, -0.1) is 4.99 Å². The van der Waals surface area contributed by atoms with E-state index in [0.29, 0.717) is 30.0 Å². The first-order chi connectivity index (χ1) is 15.4. The minimum absolute atomic E-state index is 0.257. The first kappa shape index (κ1) is 23.1. The molecular formula is C24H28N6O2. The summed E-state index contributed by atoms with van der Waals surface area (Å²) in [6.45, 7) is 5.63. The molecule has 2 aromatic carbocycles. The molecule has 166 valence electrons. The van der Waals surface area contributed by atoms with E-state index in [1.54, 1.807) is 38.2 Å². The van der Waals surface area contributed by atoms with Gasteiger partial charge in [-0.25, -0.2) is 0 Å². The maximum Gasteiger partial charge on any atom is 0.209 e. The highest BCUT2D eigenvalue weighted by Gasteiger charge is 2.43. The summed E-state index contributed by atoms with van der Waals surface area (Å²) in [5.74, 6) is 0.836. The summed E-state index contributed by atoms with van der Waals surface area (Å²) in [7, 11) is 0. The number of nitrogens with zero attached hydrogens (tertiary/aromatic N) is 3. The number of rotatable bonds is 7. The summed E-state index contributed by atoms with van der Waals surface area (Å²) in [4.78, 5) is 3.84. The molecule has 8 nitrogen and oxygen atoms in total. The average molecular weight is 433 g/mol. The fourth-order valence-electron chi connectivity index (χ4n) is 3.62. The molecule has 1 heterocycles. The van der Waals surface area contributed by atoms with Gasteiger partial charge in [-0.05, 0) is 50.6 Å². The van der Waals surface area contributed by atoms with Crippen molar-refractivity contribution in [1.82, 2.24) is 16.0 Å². The number of aliphatic hydroxyl groups is 1. The molecule has 1 aliphatic rings. The van der Waals surface area contributed by atoms with E-state index in [-0.39, 0.29) is 5.96 Å². The van der Waals surface area contributed by atoms with Crippen LogP contribution in [0.1, 0.15) is 36.6 Å². The summed E-state index contributed by atoms with van der Waals surface area (Å²) in [6, 6.07) is 16.8. The van der Waals surface area contributed by atoms with Crippen molar-refractivity contribution in [2.24, 2.45) is 4.99 Å². The lowest BCUT2D eigenvalue weighted by molar-refractivity contribution is -0.0611. The Labute approximate surface area is 188 Å². The van der Waals surface area contributed by atoms with Crippen molar-refractivity contribution in [3.63, 3.8) is 0 Å². The summed E-state index contributed by atoms with van der Waals surface area (Å²) < 4.78 is 5.93. The number of benzene rings is 2. The summed E-state index contributed by atoms with van der Waals surface area (Å²) in [5, 5.41) is 38.9. The number of hydrogen-bond acceptors (Lipinski definition) is 6. The summed E-state index contributed by atoms with van der Waals surface area (Å²) >= 11 is 0. The van der Waals surface area contributed by atoms with Crippen molar-refractivity contribution in [2.75, 3.05) is 19.6 Å². The van der Waals surface area contributed by atoms with Crippen molar-refractivity contribution >= 4 is 5.96 Å². The minimum atomic E-state index is -0.932. The Kier molecular flexibility index (Phi) is 7.67. The van der Waals surface area contributed by atoms with Gasteiger partial charge in [0.05, 0.1) is 17.7 Å². The quantitative estimate of drug-likeness (QED) is 0.228. The lowest BCUT2D eigenvalue weighted by Gasteiger charge is -2.42. The maximum atomic E-state index is 10.9. The molecule has 0 saturated carbocycles. The molecule has 0 fully saturated rings. The molecule has 0 aromatic heterocycles. The molecule has 0 radical (unpaired) electrons. The van der Waals surface area contributed by atoms with Crippen molar-refractivity contribution < 1.29 is 9.84 Å². The third-order valence-electron chi connectivity index (χ3n) is 5.36. The minimum Gasteiger partial charge on any atom is -0.485 e. The van der Waals surface area contributed by atoms with E-state index in [9.17, 15) is 10.4 Å². The van der Waals surface area contributed by atoms with Gasteiger partial charge in [0, 0.05) is 18.7 Å². The summed E-state index contributed by atoms with van der Waals surface area (Å²) in [5.41, 5.74) is 1.51. The standard InChI is InChI=1S/C24H28N6O2/c1-24(2)22(31)21(19-14-18(15-25)8-9-20(19)32-24)30-23(29-16-26)28-13-12-27-11-10-17-6-4-3-5-7-17/h3-9,14,21-22,27,31H,10-13H2,1-2H3,(H2,28,29,30). The molecule has 2 aromatic rings. The van der Waals surface area contributed by atoms with Crippen LogP contribution in [0.5, 0.6) is 5.75 Å². The van der Waals surface area contributed by atoms with Crippen LogP contribution in [-0.4, -0.2) is 42.4 Å². The zero-order valence-corrected chi connectivity index (χ0v) is 18.3. The number of nitriles is 2. The number of aliphatic hydroxyl groups excluding tert-OH is 1. The molecule has 0 amide bonds.